The molecule has 1 saturated heterocycles. The number of alkyl halides is 3. The van der Waals surface area contributed by atoms with Gasteiger partial charge in [-0.15, -0.1) is 0 Å². The number of pyridine rings is 1. The Balaban J connectivity index is 1.31. The number of aryl methyl sites for hydroxylation is 1. The van der Waals surface area contributed by atoms with Crippen molar-refractivity contribution in [1.29, 1.82) is 0 Å². The van der Waals surface area contributed by atoms with E-state index in [0.29, 0.717) is 48.1 Å². The van der Waals surface area contributed by atoms with E-state index >= 15 is 4.39 Å². The molecule has 45 heavy (non-hydrogen) atoms. The lowest BCUT2D eigenvalue weighted by Gasteiger charge is -2.37. The Hall–Kier alpha value is -5.34. The Morgan fingerprint density at radius 2 is 1.91 bits per heavy atom. The van der Waals surface area contributed by atoms with E-state index in [9.17, 15) is 22.8 Å². The Kier molecular flexibility index (Phi) is 7.46. The smallest absolute Gasteiger partial charge is 0.382 e. The number of carbonyl (C=O) groups is 2. The number of imidazole rings is 1. The summed E-state index contributed by atoms with van der Waals surface area (Å²) in [5.74, 6) is -1.39. The molecule has 0 aliphatic carbocycles. The van der Waals surface area contributed by atoms with Crippen molar-refractivity contribution < 1.29 is 31.7 Å². The molecule has 15 heteroatoms. The highest BCUT2D eigenvalue weighted by Crippen LogP contribution is 2.37. The van der Waals surface area contributed by atoms with Gasteiger partial charge >= 0.3 is 6.18 Å². The fourth-order valence-electron chi connectivity index (χ4n) is 5.53. The number of nitrogens with one attached hydrogen (secondary N) is 1. The zero-order valence-corrected chi connectivity index (χ0v) is 24.0. The lowest BCUT2D eigenvalue weighted by molar-refractivity contribution is -0.137. The van der Waals surface area contributed by atoms with Crippen LogP contribution >= 0.6 is 0 Å². The van der Waals surface area contributed by atoms with Gasteiger partial charge in [-0.05, 0) is 57.0 Å². The largest absolute Gasteiger partial charge is 0.416 e. The number of halogens is 4. The molecule has 0 spiro atoms. The van der Waals surface area contributed by atoms with Gasteiger partial charge in [-0.3, -0.25) is 14.0 Å². The second kappa shape index (κ2) is 11.3. The summed E-state index contributed by atoms with van der Waals surface area (Å²) in [5, 5.41) is 5.99. The van der Waals surface area contributed by atoms with Crippen LogP contribution in [0.25, 0.3) is 16.8 Å². The summed E-state index contributed by atoms with van der Waals surface area (Å²) in [6.45, 7) is 3.96. The minimum absolute atomic E-state index is 0.0319. The molecule has 5 aromatic rings. The lowest BCUT2D eigenvalue weighted by Crippen LogP contribution is -2.45. The average molecular weight is 623 g/mol. The maximum Gasteiger partial charge on any atom is 0.416 e. The highest BCUT2D eigenvalue weighted by atomic mass is 19.4. The monoisotopic (exact) mass is 622 g/mol. The first-order valence-electron chi connectivity index (χ1n) is 13.9. The Morgan fingerprint density at radius 1 is 1.11 bits per heavy atom. The summed E-state index contributed by atoms with van der Waals surface area (Å²) in [6, 6.07) is 5.03. The first-order chi connectivity index (χ1) is 21.4. The standard InChI is InChI=1S/C30H26F4N8O3/c1-15-3-4-18(14-42(15)29(44)21-13-38-45-16(21)2)27-40-24(25-26(35)37-9-10-41(25)27)20-6-5-17(11-22(20)31)28(43)39-23-12-19(7-8-36-23)30(32,33)34/h5-13,15,18H,3-4,14H2,1-2H3,(H2,35,37)(H,36,39,43)/t15-,18+/m0/s1. The second-order valence-corrected chi connectivity index (χ2v) is 10.8. The van der Waals surface area contributed by atoms with E-state index in [-0.39, 0.29) is 46.3 Å². The van der Waals surface area contributed by atoms with Gasteiger partial charge in [0.05, 0.1) is 11.8 Å². The number of hydrogen-bond donors (Lipinski definition) is 2. The van der Waals surface area contributed by atoms with Crippen molar-refractivity contribution >= 4 is 29.0 Å². The topological polar surface area (TPSA) is 145 Å². The SMILES string of the molecule is Cc1oncc1C(=O)N1C[C@H](c2nc(-c3ccc(C(=O)Nc4cc(C(F)(F)F)ccn4)cc3F)c3c(N)nccn23)CC[C@@H]1C. The van der Waals surface area contributed by atoms with Gasteiger partial charge in [-0.1, -0.05) is 5.16 Å². The van der Waals surface area contributed by atoms with Gasteiger partial charge in [0.15, 0.2) is 0 Å². The number of amides is 2. The van der Waals surface area contributed by atoms with Crippen LogP contribution in [0, 0.1) is 12.7 Å². The summed E-state index contributed by atoms with van der Waals surface area (Å²) < 4.78 is 61.6. The number of anilines is 2. The molecule has 4 aromatic heterocycles. The van der Waals surface area contributed by atoms with Crippen LogP contribution in [-0.4, -0.2) is 53.8 Å². The van der Waals surface area contributed by atoms with Crippen LogP contribution in [0.3, 0.4) is 0 Å². The van der Waals surface area contributed by atoms with Gasteiger partial charge in [0.1, 0.15) is 45.8 Å². The van der Waals surface area contributed by atoms with Crippen molar-refractivity contribution in [2.75, 3.05) is 17.6 Å². The average Bonchev–Trinajstić information content (AvgIpc) is 3.61. The van der Waals surface area contributed by atoms with Crippen LogP contribution < -0.4 is 11.1 Å². The van der Waals surface area contributed by atoms with E-state index in [4.69, 9.17) is 15.2 Å². The van der Waals surface area contributed by atoms with Crippen molar-refractivity contribution in [2.24, 2.45) is 0 Å². The van der Waals surface area contributed by atoms with E-state index in [2.05, 4.69) is 20.4 Å². The number of likely N-dealkylation sites (tertiary alicyclic amines) is 1. The molecule has 1 fully saturated rings. The van der Waals surface area contributed by atoms with E-state index in [1.54, 1.807) is 22.4 Å². The van der Waals surface area contributed by atoms with Crippen LogP contribution in [0.15, 0.2) is 59.6 Å². The molecular weight excluding hydrogens is 596 g/mol. The summed E-state index contributed by atoms with van der Waals surface area (Å²) in [4.78, 5) is 40.6. The first kappa shape index (κ1) is 29.7. The molecule has 0 radical (unpaired) electrons. The van der Waals surface area contributed by atoms with Crippen LogP contribution in [0.1, 0.15) is 63.5 Å². The molecule has 1 aliphatic rings. The minimum atomic E-state index is -4.63. The molecule has 1 aliphatic heterocycles. The zero-order valence-electron chi connectivity index (χ0n) is 24.0. The molecule has 1 aromatic carbocycles. The number of aromatic nitrogens is 5. The van der Waals surface area contributed by atoms with Crippen molar-refractivity contribution in [3.8, 4) is 11.3 Å². The molecule has 2 amide bonds. The Morgan fingerprint density at radius 3 is 2.62 bits per heavy atom. The predicted octanol–water partition coefficient (Wildman–Crippen LogP) is 5.49. The summed E-state index contributed by atoms with van der Waals surface area (Å²) in [5.41, 5.74) is 6.05. The molecule has 0 unspecified atom stereocenters. The summed E-state index contributed by atoms with van der Waals surface area (Å²) in [6.07, 6.45) is 2.22. The number of carbonyl (C=O) groups excluding carboxylic acids is 2. The normalized spacial score (nSPS) is 17.1. The third kappa shape index (κ3) is 5.56. The number of rotatable bonds is 5. The van der Waals surface area contributed by atoms with Crippen molar-refractivity contribution in [2.45, 2.75) is 44.8 Å². The van der Waals surface area contributed by atoms with Gasteiger partial charge in [-0.2, -0.15) is 13.2 Å². The molecule has 5 heterocycles. The summed E-state index contributed by atoms with van der Waals surface area (Å²) >= 11 is 0. The van der Waals surface area contributed by atoms with E-state index in [0.717, 1.165) is 18.3 Å². The third-order valence-electron chi connectivity index (χ3n) is 7.91. The van der Waals surface area contributed by atoms with Gasteiger partial charge in [0.2, 0.25) is 0 Å². The molecule has 3 N–H and O–H groups in total. The van der Waals surface area contributed by atoms with Crippen molar-refractivity contribution in [3.63, 3.8) is 0 Å². The quantitative estimate of drug-likeness (QED) is 0.245. The van der Waals surface area contributed by atoms with Crippen LogP contribution in [0.5, 0.6) is 0 Å². The summed E-state index contributed by atoms with van der Waals surface area (Å²) in [7, 11) is 0. The second-order valence-electron chi connectivity index (χ2n) is 10.8. The number of nitrogens with zero attached hydrogens (tertiary/aromatic N) is 6. The highest BCUT2D eigenvalue weighted by Gasteiger charge is 2.35. The van der Waals surface area contributed by atoms with Gasteiger partial charge in [0.25, 0.3) is 11.8 Å². The van der Waals surface area contributed by atoms with Gasteiger partial charge < -0.3 is 20.5 Å². The van der Waals surface area contributed by atoms with Crippen LogP contribution in [-0.2, 0) is 6.18 Å². The maximum atomic E-state index is 15.7. The van der Waals surface area contributed by atoms with E-state index < -0.39 is 23.5 Å². The highest BCUT2D eigenvalue weighted by molar-refractivity contribution is 6.04. The molecule has 232 valence electrons. The fraction of sp³-hybridized carbons (Fsp3) is 0.267. The van der Waals surface area contributed by atoms with Crippen LogP contribution in [0.2, 0.25) is 0 Å². The van der Waals surface area contributed by atoms with E-state index in [1.165, 1.54) is 24.5 Å². The number of piperidine rings is 1. The zero-order chi connectivity index (χ0) is 32.0. The molecule has 11 nitrogen and oxygen atoms in total. The van der Waals surface area contributed by atoms with Crippen molar-refractivity contribution in [1.82, 2.24) is 29.4 Å². The maximum absolute atomic E-state index is 15.7. The van der Waals surface area contributed by atoms with E-state index in [1.807, 2.05) is 6.92 Å². The molecule has 2 atom stereocenters. The lowest BCUT2D eigenvalue weighted by atomic mass is 9.92. The number of fused-ring (bicyclic) bond motifs is 1. The Bertz CT molecular complexity index is 1940. The molecule has 0 bridgehead atoms. The Labute approximate surface area is 253 Å². The van der Waals surface area contributed by atoms with Gasteiger partial charge in [-0.25, -0.2) is 19.3 Å². The van der Waals surface area contributed by atoms with Gasteiger partial charge in [0, 0.05) is 48.2 Å². The number of nitrogen functional groups attached to an aromatic ring is 1. The molecule has 6 rings (SSSR count). The number of nitrogens with two attached hydrogens (primary N) is 1. The minimum Gasteiger partial charge on any atom is -0.382 e. The number of benzene rings is 1. The van der Waals surface area contributed by atoms with Crippen molar-refractivity contribution in [3.05, 3.63) is 89.2 Å². The van der Waals surface area contributed by atoms with Crippen LogP contribution in [0.4, 0.5) is 29.2 Å². The first-order valence-corrected chi connectivity index (χ1v) is 13.9. The fourth-order valence-corrected chi connectivity index (χ4v) is 5.53. The number of hydrogen-bond acceptors (Lipinski definition) is 8. The predicted molar refractivity (Wildman–Crippen MR) is 154 cm³/mol. The third-order valence-corrected chi connectivity index (χ3v) is 7.91. The molecule has 0 saturated carbocycles. The molecular formula is C30H26F4N8O3.